The first-order valence-electron chi connectivity index (χ1n) is 4.15. The zero-order valence-corrected chi connectivity index (χ0v) is 8.29. The lowest BCUT2D eigenvalue weighted by molar-refractivity contribution is -0.114. The number of carbonyl (C=O) groups is 2. The average Bonchev–Trinajstić information content (AvgIpc) is 2.55. The number of carbonyl (C=O) groups excluding carboxylic acids is 1. The number of rotatable bonds is 2. The van der Waals surface area contributed by atoms with Crippen molar-refractivity contribution in [2.45, 2.75) is 20.8 Å². The smallest absolute Gasteiger partial charge is 0.356 e. The molecule has 0 saturated carbocycles. The molecule has 1 amide bonds. The van der Waals surface area contributed by atoms with Crippen molar-refractivity contribution in [2.75, 3.05) is 5.32 Å². The molecule has 6 heteroatoms. The predicted molar refractivity (Wildman–Crippen MR) is 51.2 cm³/mol. The molecule has 0 atom stereocenters. The highest BCUT2D eigenvalue weighted by molar-refractivity contribution is 5.98. The first kappa shape index (κ1) is 12.2. The Bertz CT molecular complexity index is 319. The second kappa shape index (κ2) is 5.74. The number of carboxylic acids is 1. The van der Waals surface area contributed by atoms with Crippen molar-refractivity contribution < 1.29 is 14.7 Å². The topological polar surface area (TPSA) is 95.1 Å². The zero-order chi connectivity index (χ0) is 11.1. The molecule has 1 aromatic rings. The van der Waals surface area contributed by atoms with Crippen LogP contribution in [0.3, 0.4) is 0 Å². The standard InChI is InChI=1S/C6H7N3O3.C2H6/c1-3(10)8-4-2-7-9-5(4)6(11)12;1-2/h2H,1H3,(H,7,9)(H,8,10)(H,11,12);1-2H3. The van der Waals surface area contributed by atoms with Gasteiger partial charge in [0, 0.05) is 6.92 Å². The summed E-state index contributed by atoms with van der Waals surface area (Å²) >= 11 is 0. The molecular formula is C8H13N3O3. The van der Waals surface area contributed by atoms with Gasteiger partial charge in [0.25, 0.3) is 0 Å². The molecule has 1 heterocycles. The fourth-order valence-electron chi connectivity index (χ4n) is 0.734. The molecule has 3 N–H and O–H groups in total. The fourth-order valence-corrected chi connectivity index (χ4v) is 0.734. The van der Waals surface area contributed by atoms with Gasteiger partial charge in [0.05, 0.1) is 11.9 Å². The Hall–Kier alpha value is -1.85. The molecule has 0 aliphatic carbocycles. The second-order valence-corrected chi connectivity index (χ2v) is 2.15. The summed E-state index contributed by atoms with van der Waals surface area (Å²) in [5.41, 5.74) is 0.0557. The van der Waals surface area contributed by atoms with E-state index >= 15 is 0 Å². The number of hydrogen-bond acceptors (Lipinski definition) is 3. The van der Waals surface area contributed by atoms with E-state index in [2.05, 4.69) is 15.5 Å². The largest absolute Gasteiger partial charge is 0.476 e. The van der Waals surface area contributed by atoms with Gasteiger partial charge in [-0.3, -0.25) is 9.89 Å². The quantitative estimate of drug-likeness (QED) is 0.664. The number of aromatic amines is 1. The van der Waals surface area contributed by atoms with Gasteiger partial charge < -0.3 is 10.4 Å². The molecule has 0 bridgehead atoms. The van der Waals surface area contributed by atoms with Crippen LogP contribution in [0, 0.1) is 0 Å². The van der Waals surface area contributed by atoms with Crippen LogP contribution in [-0.4, -0.2) is 27.2 Å². The lowest BCUT2D eigenvalue weighted by Gasteiger charge is -1.97. The summed E-state index contributed by atoms with van der Waals surface area (Å²) in [5.74, 6) is -1.49. The van der Waals surface area contributed by atoms with E-state index in [0.29, 0.717) is 0 Å². The van der Waals surface area contributed by atoms with Crippen molar-refractivity contribution in [2.24, 2.45) is 0 Å². The lowest BCUT2D eigenvalue weighted by atomic mass is 10.3. The molecule has 0 radical (unpaired) electrons. The molecule has 14 heavy (non-hydrogen) atoms. The van der Waals surface area contributed by atoms with Gasteiger partial charge in [0.1, 0.15) is 0 Å². The summed E-state index contributed by atoms with van der Waals surface area (Å²) in [4.78, 5) is 21.0. The molecule has 0 spiro atoms. The molecule has 1 aromatic heterocycles. The number of anilines is 1. The molecule has 1 rings (SSSR count). The second-order valence-electron chi connectivity index (χ2n) is 2.15. The highest BCUT2D eigenvalue weighted by Gasteiger charge is 2.12. The van der Waals surface area contributed by atoms with E-state index in [1.807, 2.05) is 13.8 Å². The minimum atomic E-state index is -1.16. The predicted octanol–water partition coefficient (Wildman–Crippen LogP) is 1.09. The van der Waals surface area contributed by atoms with Crippen molar-refractivity contribution in [3.8, 4) is 0 Å². The number of aromatic nitrogens is 2. The Morgan fingerprint density at radius 3 is 2.50 bits per heavy atom. The highest BCUT2D eigenvalue weighted by Crippen LogP contribution is 2.10. The monoisotopic (exact) mass is 199 g/mol. The number of H-pyrrole nitrogens is 1. The molecule has 0 aromatic carbocycles. The maximum Gasteiger partial charge on any atom is 0.356 e. The zero-order valence-electron chi connectivity index (χ0n) is 8.29. The minimum Gasteiger partial charge on any atom is -0.476 e. The third-order valence-electron chi connectivity index (χ3n) is 1.16. The molecular weight excluding hydrogens is 186 g/mol. The highest BCUT2D eigenvalue weighted by atomic mass is 16.4. The number of carboxylic acid groups (broad SMARTS) is 1. The Balaban J connectivity index is 0.000000791. The fraction of sp³-hybridized carbons (Fsp3) is 0.375. The molecule has 0 unspecified atom stereocenters. The minimum absolute atomic E-state index is 0.120. The van der Waals surface area contributed by atoms with Gasteiger partial charge in [-0.1, -0.05) is 13.8 Å². The summed E-state index contributed by atoms with van der Waals surface area (Å²) < 4.78 is 0. The molecule has 0 saturated heterocycles. The third-order valence-corrected chi connectivity index (χ3v) is 1.16. The van der Waals surface area contributed by atoms with Crippen molar-refractivity contribution in [1.82, 2.24) is 10.2 Å². The van der Waals surface area contributed by atoms with Crippen molar-refractivity contribution in [1.29, 1.82) is 0 Å². The number of amides is 1. The van der Waals surface area contributed by atoms with Gasteiger partial charge >= 0.3 is 5.97 Å². The molecule has 0 fully saturated rings. The maximum absolute atomic E-state index is 10.5. The van der Waals surface area contributed by atoms with Crippen LogP contribution >= 0.6 is 0 Å². The van der Waals surface area contributed by atoms with E-state index in [1.165, 1.54) is 13.1 Å². The van der Waals surface area contributed by atoms with Crippen LogP contribution in [0.4, 0.5) is 5.69 Å². The van der Waals surface area contributed by atoms with E-state index in [0.717, 1.165) is 0 Å². The Kier molecular flexibility index (Phi) is 4.98. The van der Waals surface area contributed by atoms with Crippen LogP contribution in [0.5, 0.6) is 0 Å². The van der Waals surface area contributed by atoms with Crippen molar-refractivity contribution in [3.63, 3.8) is 0 Å². The van der Waals surface area contributed by atoms with Crippen LogP contribution < -0.4 is 5.32 Å². The Labute approximate surface area is 81.3 Å². The van der Waals surface area contributed by atoms with Gasteiger partial charge in [-0.05, 0) is 0 Å². The van der Waals surface area contributed by atoms with Gasteiger partial charge in [-0.25, -0.2) is 4.79 Å². The average molecular weight is 199 g/mol. The number of nitrogens with zero attached hydrogens (tertiary/aromatic N) is 1. The molecule has 0 aliphatic heterocycles. The Morgan fingerprint density at radius 1 is 1.50 bits per heavy atom. The molecule has 6 nitrogen and oxygen atoms in total. The van der Waals surface area contributed by atoms with Crippen LogP contribution in [0.15, 0.2) is 6.20 Å². The summed E-state index contributed by atoms with van der Waals surface area (Å²) in [7, 11) is 0. The van der Waals surface area contributed by atoms with E-state index in [-0.39, 0.29) is 17.3 Å². The van der Waals surface area contributed by atoms with Gasteiger partial charge in [-0.2, -0.15) is 5.10 Å². The van der Waals surface area contributed by atoms with E-state index in [9.17, 15) is 9.59 Å². The summed E-state index contributed by atoms with van der Waals surface area (Å²) in [6.45, 7) is 5.29. The van der Waals surface area contributed by atoms with Gasteiger partial charge in [0.15, 0.2) is 5.69 Å². The van der Waals surface area contributed by atoms with Crippen LogP contribution in [0.1, 0.15) is 31.3 Å². The van der Waals surface area contributed by atoms with E-state index in [1.54, 1.807) is 0 Å². The first-order chi connectivity index (χ1) is 6.61. The summed E-state index contributed by atoms with van der Waals surface area (Å²) in [6.07, 6.45) is 1.24. The first-order valence-corrected chi connectivity index (χ1v) is 4.15. The molecule has 0 aliphatic rings. The Morgan fingerprint density at radius 2 is 2.07 bits per heavy atom. The summed E-state index contributed by atoms with van der Waals surface area (Å²) in [6, 6.07) is 0. The van der Waals surface area contributed by atoms with Crippen LogP contribution in [0.25, 0.3) is 0 Å². The summed E-state index contributed by atoms with van der Waals surface area (Å²) in [5, 5.41) is 16.6. The maximum atomic E-state index is 10.5. The van der Waals surface area contributed by atoms with Crippen LogP contribution in [-0.2, 0) is 4.79 Å². The van der Waals surface area contributed by atoms with Crippen molar-refractivity contribution >= 4 is 17.6 Å². The van der Waals surface area contributed by atoms with E-state index in [4.69, 9.17) is 5.11 Å². The van der Waals surface area contributed by atoms with Crippen molar-refractivity contribution in [3.05, 3.63) is 11.9 Å². The number of hydrogen-bond donors (Lipinski definition) is 3. The van der Waals surface area contributed by atoms with Gasteiger partial charge in [-0.15, -0.1) is 0 Å². The van der Waals surface area contributed by atoms with Gasteiger partial charge in [0.2, 0.25) is 5.91 Å². The molecule has 78 valence electrons. The number of aromatic carboxylic acids is 1. The van der Waals surface area contributed by atoms with E-state index < -0.39 is 5.97 Å². The lowest BCUT2D eigenvalue weighted by Crippen LogP contribution is -2.09. The van der Waals surface area contributed by atoms with Crippen LogP contribution in [0.2, 0.25) is 0 Å². The third kappa shape index (κ3) is 3.26. The normalized spacial score (nSPS) is 8.50. The number of nitrogens with one attached hydrogen (secondary N) is 2. The SMILES string of the molecule is CC.CC(=O)Nc1cn[nH]c1C(=O)O.